The van der Waals surface area contributed by atoms with Gasteiger partial charge in [0.1, 0.15) is 5.76 Å². The van der Waals surface area contributed by atoms with Crippen molar-refractivity contribution < 1.29 is 17.7 Å². The van der Waals surface area contributed by atoms with Crippen molar-refractivity contribution in [2.75, 3.05) is 11.9 Å². The van der Waals surface area contributed by atoms with Gasteiger partial charge in [-0.1, -0.05) is 11.2 Å². The molecule has 140 valence electrons. The summed E-state index contributed by atoms with van der Waals surface area (Å²) in [6.45, 7) is 2.51. The Morgan fingerprint density at radius 3 is 2.93 bits per heavy atom. The number of nitrogens with one attached hydrogen (secondary N) is 1. The molecule has 1 N–H and O–H groups in total. The predicted molar refractivity (Wildman–Crippen MR) is 101 cm³/mol. The molecule has 0 saturated heterocycles. The lowest BCUT2D eigenvalue weighted by atomic mass is 10.1. The van der Waals surface area contributed by atoms with Crippen molar-refractivity contribution in [2.24, 2.45) is 0 Å². The highest BCUT2D eigenvalue weighted by Gasteiger charge is 2.29. The van der Waals surface area contributed by atoms with E-state index in [1.54, 1.807) is 30.4 Å². The number of sulfonamides is 1. The second-order valence-corrected chi connectivity index (χ2v) is 9.20. The van der Waals surface area contributed by atoms with Crippen LogP contribution in [0.2, 0.25) is 0 Å². The van der Waals surface area contributed by atoms with Gasteiger partial charge in [0.25, 0.3) is 5.91 Å². The number of fused-ring (bicyclic) bond motifs is 1. The van der Waals surface area contributed by atoms with Crippen LogP contribution in [0.25, 0.3) is 0 Å². The van der Waals surface area contributed by atoms with Gasteiger partial charge in [-0.3, -0.25) is 4.79 Å². The highest BCUT2D eigenvalue weighted by Crippen LogP contribution is 2.29. The van der Waals surface area contributed by atoms with E-state index in [0.717, 1.165) is 5.56 Å². The quantitative estimate of drug-likeness (QED) is 0.723. The monoisotopic (exact) mass is 403 g/mol. The molecule has 7 nitrogen and oxygen atoms in total. The zero-order valence-electron chi connectivity index (χ0n) is 14.5. The van der Waals surface area contributed by atoms with Crippen molar-refractivity contribution in [3.05, 3.63) is 63.7 Å². The van der Waals surface area contributed by atoms with Gasteiger partial charge in [0.05, 0.1) is 4.90 Å². The zero-order chi connectivity index (χ0) is 19.0. The van der Waals surface area contributed by atoms with Crippen molar-refractivity contribution in [2.45, 2.75) is 24.8 Å². The normalized spacial score (nSPS) is 14.7. The van der Waals surface area contributed by atoms with Crippen LogP contribution in [0.3, 0.4) is 0 Å². The fourth-order valence-corrected chi connectivity index (χ4v) is 5.33. The average Bonchev–Trinajstić information content (AvgIpc) is 3.30. The number of thiophene rings is 1. The molecular formula is C18H17N3O4S2. The average molecular weight is 403 g/mol. The molecule has 2 aromatic heterocycles. The second kappa shape index (κ2) is 6.91. The van der Waals surface area contributed by atoms with Crippen LogP contribution >= 0.6 is 11.3 Å². The minimum atomic E-state index is -3.65. The van der Waals surface area contributed by atoms with E-state index in [4.69, 9.17) is 4.52 Å². The molecule has 0 radical (unpaired) electrons. The number of benzene rings is 1. The maximum atomic E-state index is 13.0. The van der Waals surface area contributed by atoms with Crippen LogP contribution in [0.5, 0.6) is 0 Å². The SMILES string of the molecule is Cc1cc(C(=O)Nc2cccc(S(=O)(=O)N3CCc4sccc4C3)c2)no1. The summed E-state index contributed by atoms with van der Waals surface area (Å²) in [4.78, 5) is 13.6. The number of carbonyl (C=O) groups is 1. The molecule has 3 aromatic rings. The number of anilines is 1. The number of aryl methyl sites for hydroxylation is 1. The Labute approximate surface area is 160 Å². The molecule has 0 saturated carbocycles. The summed E-state index contributed by atoms with van der Waals surface area (Å²) in [7, 11) is -3.65. The highest BCUT2D eigenvalue weighted by atomic mass is 32.2. The summed E-state index contributed by atoms with van der Waals surface area (Å²) < 4.78 is 32.4. The number of carbonyl (C=O) groups excluding carboxylic acids is 1. The molecule has 0 atom stereocenters. The lowest BCUT2D eigenvalue weighted by molar-refractivity contribution is 0.101. The zero-order valence-corrected chi connectivity index (χ0v) is 16.1. The van der Waals surface area contributed by atoms with Crippen LogP contribution in [0.1, 0.15) is 26.7 Å². The Kier molecular flexibility index (Phi) is 4.58. The minimum absolute atomic E-state index is 0.141. The van der Waals surface area contributed by atoms with Crippen LogP contribution in [-0.2, 0) is 23.0 Å². The minimum Gasteiger partial charge on any atom is -0.361 e. The Hall–Kier alpha value is -2.49. The number of aromatic nitrogens is 1. The Morgan fingerprint density at radius 1 is 1.30 bits per heavy atom. The molecule has 0 fully saturated rings. The van der Waals surface area contributed by atoms with Gasteiger partial charge >= 0.3 is 0 Å². The van der Waals surface area contributed by atoms with E-state index >= 15 is 0 Å². The molecule has 3 heterocycles. The van der Waals surface area contributed by atoms with Crippen LogP contribution in [0.15, 0.2) is 51.2 Å². The molecule has 1 aliphatic rings. The molecule has 1 aliphatic heterocycles. The van der Waals surface area contributed by atoms with Gasteiger partial charge in [-0.05, 0) is 48.6 Å². The van der Waals surface area contributed by atoms with Gasteiger partial charge in [0.15, 0.2) is 5.69 Å². The van der Waals surface area contributed by atoms with E-state index in [-0.39, 0.29) is 10.6 Å². The summed E-state index contributed by atoms with van der Waals surface area (Å²) in [6, 6.07) is 9.73. The van der Waals surface area contributed by atoms with Gasteiger partial charge < -0.3 is 9.84 Å². The third-order valence-electron chi connectivity index (χ3n) is 4.36. The third-order valence-corrected chi connectivity index (χ3v) is 7.23. The van der Waals surface area contributed by atoms with Crippen molar-refractivity contribution >= 4 is 33.0 Å². The van der Waals surface area contributed by atoms with Crippen molar-refractivity contribution in [1.82, 2.24) is 9.46 Å². The predicted octanol–water partition coefficient (Wildman–Crippen LogP) is 3.04. The third kappa shape index (κ3) is 3.53. The number of hydrogen-bond acceptors (Lipinski definition) is 6. The maximum Gasteiger partial charge on any atom is 0.277 e. The number of amides is 1. The summed E-state index contributed by atoms with van der Waals surface area (Å²) in [5.41, 5.74) is 1.58. The first-order valence-electron chi connectivity index (χ1n) is 8.33. The summed E-state index contributed by atoms with van der Waals surface area (Å²) in [6.07, 6.45) is 0.716. The molecule has 0 aliphatic carbocycles. The largest absolute Gasteiger partial charge is 0.361 e. The first kappa shape index (κ1) is 17.9. The molecule has 4 rings (SSSR count). The number of rotatable bonds is 4. The molecule has 0 spiro atoms. The fraction of sp³-hybridized carbons (Fsp3) is 0.222. The summed E-state index contributed by atoms with van der Waals surface area (Å²) >= 11 is 1.66. The van der Waals surface area contributed by atoms with Crippen LogP contribution in [-0.4, -0.2) is 30.3 Å². The highest BCUT2D eigenvalue weighted by molar-refractivity contribution is 7.89. The van der Waals surface area contributed by atoms with Crippen LogP contribution in [0, 0.1) is 6.92 Å². The van der Waals surface area contributed by atoms with Crippen LogP contribution in [0.4, 0.5) is 5.69 Å². The van der Waals surface area contributed by atoms with Crippen LogP contribution < -0.4 is 5.32 Å². The van der Waals surface area contributed by atoms with E-state index in [9.17, 15) is 13.2 Å². The smallest absolute Gasteiger partial charge is 0.277 e. The lowest BCUT2D eigenvalue weighted by Gasteiger charge is -2.26. The van der Waals surface area contributed by atoms with Gasteiger partial charge in [0, 0.05) is 29.7 Å². The first-order chi connectivity index (χ1) is 12.9. The molecule has 0 unspecified atom stereocenters. The topological polar surface area (TPSA) is 92.5 Å². The molecule has 1 amide bonds. The Morgan fingerprint density at radius 2 is 2.15 bits per heavy atom. The number of nitrogens with zero attached hydrogens (tertiary/aromatic N) is 2. The van der Waals surface area contributed by atoms with E-state index in [0.29, 0.717) is 31.0 Å². The number of hydrogen-bond donors (Lipinski definition) is 1. The molecule has 1 aromatic carbocycles. The first-order valence-corrected chi connectivity index (χ1v) is 10.7. The second-order valence-electron chi connectivity index (χ2n) is 6.26. The molecule has 9 heteroatoms. The van der Waals surface area contributed by atoms with Crippen molar-refractivity contribution in [1.29, 1.82) is 0 Å². The maximum absolute atomic E-state index is 13.0. The van der Waals surface area contributed by atoms with Crippen molar-refractivity contribution in [3.63, 3.8) is 0 Å². The lowest BCUT2D eigenvalue weighted by Crippen LogP contribution is -2.35. The molecule has 0 bridgehead atoms. The summed E-state index contributed by atoms with van der Waals surface area (Å²) in [5, 5.41) is 8.30. The van der Waals surface area contributed by atoms with E-state index in [1.165, 1.54) is 27.4 Å². The Bertz CT molecular complexity index is 1100. The van der Waals surface area contributed by atoms with E-state index in [1.807, 2.05) is 11.4 Å². The molecular weight excluding hydrogens is 386 g/mol. The fourth-order valence-electron chi connectivity index (χ4n) is 2.98. The standard InChI is InChI=1S/C18H17N3O4S2/c1-12-9-16(20-25-12)18(22)19-14-3-2-4-15(10-14)27(23,24)21-7-5-17-13(11-21)6-8-26-17/h2-4,6,8-10H,5,7,11H2,1H3,(H,19,22). The summed E-state index contributed by atoms with van der Waals surface area (Å²) in [5.74, 6) is 0.0664. The van der Waals surface area contributed by atoms with Gasteiger partial charge in [-0.2, -0.15) is 4.31 Å². The van der Waals surface area contributed by atoms with Crippen molar-refractivity contribution in [3.8, 4) is 0 Å². The molecule has 27 heavy (non-hydrogen) atoms. The Balaban J connectivity index is 1.55. The van der Waals surface area contributed by atoms with E-state index < -0.39 is 15.9 Å². The van der Waals surface area contributed by atoms with Gasteiger partial charge in [-0.25, -0.2) is 8.42 Å². The van der Waals surface area contributed by atoms with E-state index in [2.05, 4.69) is 10.5 Å². The van der Waals surface area contributed by atoms with Gasteiger partial charge in [-0.15, -0.1) is 11.3 Å². The van der Waals surface area contributed by atoms with Gasteiger partial charge in [0.2, 0.25) is 10.0 Å².